The third-order valence-corrected chi connectivity index (χ3v) is 3.99. The number of anilines is 1. The second-order valence-corrected chi connectivity index (χ2v) is 6.29. The van der Waals surface area contributed by atoms with E-state index in [1.807, 2.05) is 6.07 Å². The maximum Gasteiger partial charge on any atom is 0.258 e. The maximum absolute atomic E-state index is 13.1. The van der Waals surface area contributed by atoms with Gasteiger partial charge in [-0.1, -0.05) is 23.7 Å². The highest BCUT2D eigenvalue weighted by Crippen LogP contribution is 2.19. The van der Waals surface area contributed by atoms with E-state index in [4.69, 9.17) is 11.6 Å². The molecule has 0 atom stereocenters. The van der Waals surface area contributed by atoms with Gasteiger partial charge in [-0.05, 0) is 37.4 Å². The second kappa shape index (κ2) is 7.63. The number of halogens is 2. The smallest absolute Gasteiger partial charge is 0.258 e. The number of aromatic amines is 1. The highest BCUT2D eigenvalue weighted by Gasteiger charge is 2.11. The van der Waals surface area contributed by atoms with Gasteiger partial charge in [0.25, 0.3) is 5.56 Å². The number of likely N-dealkylation sites (N-methyl/N-ethyl adjacent to an activating group) is 1. The lowest BCUT2D eigenvalue weighted by Gasteiger charge is -2.16. The van der Waals surface area contributed by atoms with Gasteiger partial charge in [-0.2, -0.15) is 0 Å². The molecule has 0 fully saturated rings. The van der Waals surface area contributed by atoms with Crippen LogP contribution in [-0.2, 0) is 11.3 Å². The van der Waals surface area contributed by atoms with Crippen molar-refractivity contribution in [3.8, 4) is 0 Å². The van der Waals surface area contributed by atoms with E-state index in [1.165, 1.54) is 18.2 Å². The number of hydrogen-bond donors (Lipinski definition) is 2. The van der Waals surface area contributed by atoms with E-state index in [-0.39, 0.29) is 29.6 Å². The molecule has 3 aromatic rings. The van der Waals surface area contributed by atoms with E-state index in [0.717, 1.165) is 0 Å². The third-order valence-electron chi connectivity index (χ3n) is 3.70. The molecule has 1 aromatic heterocycles. The average Bonchev–Trinajstić information content (AvgIpc) is 2.58. The van der Waals surface area contributed by atoms with Crippen LogP contribution in [0.5, 0.6) is 0 Å². The number of para-hydroxylation sites is 1. The van der Waals surface area contributed by atoms with E-state index in [1.54, 1.807) is 30.1 Å². The minimum atomic E-state index is -0.548. The molecular formula is C18H16ClFN4O2. The summed E-state index contributed by atoms with van der Waals surface area (Å²) in [6, 6.07) is 11.0. The molecule has 0 saturated carbocycles. The number of fused-ring (bicyclic) bond motifs is 1. The van der Waals surface area contributed by atoms with Crippen LogP contribution in [0.4, 0.5) is 10.1 Å². The molecule has 3 rings (SSSR count). The molecule has 0 aliphatic carbocycles. The summed E-state index contributed by atoms with van der Waals surface area (Å²) in [5.41, 5.74) is 0.793. The van der Waals surface area contributed by atoms with Crippen LogP contribution in [-0.4, -0.2) is 34.4 Å². The highest BCUT2D eigenvalue weighted by molar-refractivity contribution is 6.31. The topological polar surface area (TPSA) is 78.1 Å². The number of aromatic nitrogens is 2. The molecule has 134 valence electrons. The summed E-state index contributed by atoms with van der Waals surface area (Å²) in [6.07, 6.45) is 0. The van der Waals surface area contributed by atoms with Crippen LogP contribution >= 0.6 is 11.6 Å². The zero-order valence-electron chi connectivity index (χ0n) is 13.9. The summed E-state index contributed by atoms with van der Waals surface area (Å²) >= 11 is 5.69. The molecular weight excluding hydrogens is 359 g/mol. The molecule has 0 aliphatic heterocycles. The largest absolute Gasteiger partial charge is 0.325 e. The van der Waals surface area contributed by atoms with Gasteiger partial charge in [-0.25, -0.2) is 9.37 Å². The van der Waals surface area contributed by atoms with Gasteiger partial charge >= 0.3 is 0 Å². The quantitative estimate of drug-likeness (QED) is 0.719. The van der Waals surface area contributed by atoms with Gasteiger partial charge in [0, 0.05) is 5.69 Å². The fraction of sp³-hybridized carbons (Fsp3) is 0.167. The Morgan fingerprint density at radius 1 is 1.31 bits per heavy atom. The predicted octanol–water partition coefficient (Wildman–Crippen LogP) is 2.79. The van der Waals surface area contributed by atoms with Crippen molar-refractivity contribution in [3.05, 3.63) is 69.5 Å². The number of H-pyrrole nitrogens is 1. The molecule has 2 N–H and O–H groups in total. The van der Waals surface area contributed by atoms with Crippen molar-refractivity contribution in [2.75, 3.05) is 18.9 Å². The van der Waals surface area contributed by atoms with E-state index < -0.39 is 5.82 Å². The number of amides is 1. The number of benzene rings is 2. The summed E-state index contributed by atoms with van der Waals surface area (Å²) in [7, 11) is 1.73. The van der Waals surface area contributed by atoms with Crippen LogP contribution in [0.15, 0.2) is 47.3 Å². The van der Waals surface area contributed by atoms with Gasteiger partial charge in [0.1, 0.15) is 11.6 Å². The predicted molar refractivity (Wildman–Crippen MR) is 98.7 cm³/mol. The molecule has 0 radical (unpaired) electrons. The van der Waals surface area contributed by atoms with Crippen molar-refractivity contribution >= 4 is 34.1 Å². The minimum absolute atomic E-state index is 0.0610. The lowest BCUT2D eigenvalue weighted by molar-refractivity contribution is -0.117. The van der Waals surface area contributed by atoms with Crippen LogP contribution in [0.25, 0.3) is 10.9 Å². The molecule has 0 spiro atoms. The van der Waals surface area contributed by atoms with Crippen molar-refractivity contribution in [2.45, 2.75) is 6.54 Å². The van der Waals surface area contributed by atoms with Crippen LogP contribution < -0.4 is 10.9 Å². The van der Waals surface area contributed by atoms with Gasteiger partial charge in [-0.15, -0.1) is 0 Å². The SMILES string of the molecule is CN(CC(=O)Nc1ccc(F)c(Cl)c1)Cc1nc2ccccc2c(=O)[nH]1. The Balaban J connectivity index is 1.64. The molecule has 6 nitrogen and oxygen atoms in total. The molecule has 8 heteroatoms. The lowest BCUT2D eigenvalue weighted by atomic mass is 10.2. The van der Waals surface area contributed by atoms with Crippen LogP contribution in [0.3, 0.4) is 0 Å². The molecule has 0 aliphatic rings. The first kappa shape index (κ1) is 18.0. The number of nitrogens with zero attached hydrogens (tertiary/aromatic N) is 2. The van der Waals surface area contributed by atoms with E-state index in [2.05, 4.69) is 15.3 Å². The van der Waals surface area contributed by atoms with Crippen molar-refractivity contribution in [1.29, 1.82) is 0 Å². The van der Waals surface area contributed by atoms with Crippen molar-refractivity contribution in [3.63, 3.8) is 0 Å². The Labute approximate surface area is 153 Å². The summed E-state index contributed by atoms with van der Waals surface area (Å²) < 4.78 is 13.1. The highest BCUT2D eigenvalue weighted by atomic mass is 35.5. The monoisotopic (exact) mass is 374 g/mol. The number of nitrogens with one attached hydrogen (secondary N) is 2. The maximum atomic E-state index is 13.1. The first-order chi connectivity index (χ1) is 12.4. The third kappa shape index (κ3) is 4.25. The number of hydrogen-bond acceptors (Lipinski definition) is 4. The summed E-state index contributed by atoms with van der Waals surface area (Å²) in [5, 5.41) is 3.10. The van der Waals surface area contributed by atoms with E-state index in [9.17, 15) is 14.0 Å². The van der Waals surface area contributed by atoms with Gasteiger partial charge in [-0.3, -0.25) is 14.5 Å². The normalized spacial score (nSPS) is 11.1. The fourth-order valence-electron chi connectivity index (χ4n) is 2.54. The summed E-state index contributed by atoms with van der Waals surface area (Å²) in [4.78, 5) is 33.0. The van der Waals surface area contributed by atoms with Crippen molar-refractivity contribution in [1.82, 2.24) is 14.9 Å². The molecule has 0 unspecified atom stereocenters. The average molecular weight is 375 g/mol. The molecule has 26 heavy (non-hydrogen) atoms. The Morgan fingerprint density at radius 2 is 2.08 bits per heavy atom. The Morgan fingerprint density at radius 3 is 2.85 bits per heavy atom. The molecule has 2 aromatic carbocycles. The van der Waals surface area contributed by atoms with Gasteiger partial charge in [0.05, 0.1) is 29.0 Å². The first-order valence-corrected chi connectivity index (χ1v) is 8.21. The van der Waals surface area contributed by atoms with Gasteiger partial charge < -0.3 is 10.3 Å². The Bertz CT molecular complexity index is 1020. The molecule has 1 amide bonds. The van der Waals surface area contributed by atoms with Crippen LogP contribution in [0, 0.1) is 5.82 Å². The number of carbonyl (C=O) groups excluding carboxylic acids is 1. The fourth-order valence-corrected chi connectivity index (χ4v) is 2.72. The van der Waals surface area contributed by atoms with Gasteiger partial charge in [0.15, 0.2) is 0 Å². The number of carbonyl (C=O) groups is 1. The molecule has 0 bridgehead atoms. The number of rotatable bonds is 5. The molecule has 1 heterocycles. The first-order valence-electron chi connectivity index (χ1n) is 7.84. The van der Waals surface area contributed by atoms with Crippen LogP contribution in [0.1, 0.15) is 5.82 Å². The lowest BCUT2D eigenvalue weighted by Crippen LogP contribution is -2.31. The zero-order chi connectivity index (χ0) is 18.7. The van der Waals surface area contributed by atoms with Crippen molar-refractivity contribution < 1.29 is 9.18 Å². The van der Waals surface area contributed by atoms with E-state index in [0.29, 0.717) is 22.4 Å². The van der Waals surface area contributed by atoms with Crippen molar-refractivity contribution in [2.24, 2.45) is 0 Å². The standard InChI is InChI=1S/C18H16ClFN4O2/c1-24(10-17(25)21-11-6-7-14(20)13(19)8-11)9-16-22-15-5-3-2-4-12(15)18(26)23-16/h2-8H,9-10H2,1H3,(H,21,25)(H,22,23,26). The van der Waals surface area contributed by atoms with Gasteiger partial charge in [0.2, 0.25) is 5.91 Å². The summed E-state index contributed by atoms with van der Waals surface area (Å²) in [5.74, 6) is -0.375. The van der Waals surface area contributed by atoms with E-state index >= 15 is 0 Å². The summed E-state index contributed by atoms with van der Waals surface area (Å²) in [6.45, 7) is 0.350. The Kier molecular flexibility index (Phi) is 5.29. The molecule has 0 saturated heterocycles. The zero-order valence-corrected chi connectivity index (χ0v) is 14.7. The minimum Gasteiger partial charge on any atom is -0.325 e. The van der Waals surface area contributed by atoms with Crippen LogP contribution in [0.2, 0.25) is 5.02 Å². The second-order valence-electron chi connectivity index (χ2n) is 5.88. The Hall–Kier alpha value is -2.77.